The minimum Gasteiger partial charge on any atom is -0.494 e. The van der Waals surface area contributed by atoms with Gasteiger partial charge in [-0.15, -0.1) is 0 Å². The van der Waals surface area contributed by atoms with E-state index in [4.69, 9.17) is 4.74 Å². The summed E-state index contributed by atoms with van der Waals surface area (Å²) in [6.07, 6.45) is 1.55. The molecule has 128 valence electrons. The molecule has 1 amide bonds. The number of hydrogen-bond donors (Lipinski definition) is 1. The molecule has 0 unspecified atom stereocenters. The van der Waals surface area contributed by atoms with Crippen LogP contribution < -0.4 is 15.0 Å². The minimum atomic E-state index is -0.436. The molecule has 0 radical (unpaired) electrons. The Morgan fingerprint density at radius 1 is 1.16 bits per heavy atom. The average Bonchev–Trinajstić information content (AvgIpc) is 2.61. The van der Waals surface area contributed by atoms with E-state index in [1.54, 1.807) is 18.2 Å². The molecule has 0 spiro atoms. The molecule has 25 heavy (non-hydrogen) atoms. The predicted molar refractivity (Wildman–Crippen MR) is 101 cm³/mol. The van der Waals surface area contributed by atoms with Gasteiger partial charge in [0.15, 0.2) is 0 Å². The van der Waals surface area contributed by atoms with Crippen LogP contribution in [0, 0.1) is 11.3 Å². The summed E-state index contributed by atoms with van der Waals surface area (Å²) in [5.74, 6) is 0.317. The molecule has 0 aliphatic heterocycles. The number of ether oxygens (including phenoxy) is 1. The molecule has 0 heterocycles. The van der Waals surface area contributed by atoms with Gasteiger partial charge in [-0.1, -0.05) is 12.1 Å². The largest absolute Gasteiger partial charge is 0.494 e. The highest BCUT2D eigenvalue weighted by atomic mass is 16.5. The quantitative estimate of drug-likeness (QED) is 0.646. The molecular formula is C20H21N3O2. The Kier molecular flexibility index (Phi) is 6.19. The number of carbonyl (C=O) groups excluding carboxylic acids is 1. The van der Waals surface area contributed by atoms with Gasteiger partial charge in [-0.25, -0.2) is 0 Å². The normalized spacial score (nSPS) is 10.7. The zero-order chi connectivity index (χ0) is 18.2. The van der Waals surface area contributed by atoms with E-state index in [0.717, 1.165) is 17.0 Å². The highest BCUT2D eigenvalue weighted by molar-refractivity contribution is 6.09. The van der Waals surface area contributed by atoms with Gasteiger partial charge < -0.3 is 15.0 Å². The van der Waals surface area contributed by atoms with Gasteiger partial charge >= 0.3 is 0 Å². The molecule has 0 aromatic heterocycles. The molecule has 0 aliphatic carbocycles. The Morgan fingerprint density at radius 2 is 1.80 bits per heavy atom. The van der Waals surface area contributed by atoms with Crippen molar-refractivity contribution in [1.29, 1.82) is 5.26 Å². The molecule has 0 aliphatic rings. The topological polar surface area (TPSA) is 65.4 Å². The minimum absolute atomic E-state index is 0.0425. The maximum absolute atomic E-state index is 12.3. The lowest BCUT2D eigenvalue weighted by Crippen LogP contribution is -2.14. The number of nitrogens with zero attached hydrogens (tertiary/aromatic N) is 2. The first-order valence-electron chi connectivity index (χ1n) is 7.97. The van der Waals surface area contributed by atoms with Crippen LogP contribution in [0.25, 0.3) is 6.08 Å². The second-order valence-corrected chi connectivity index (χ2v) is 5.57. The summed E-state index contributed by atoms with van der Waals surface area (Å²) in [4.78, 5) is 14.3. The van der Waals surface area contributed by atoms with E-state index in [1.807, 2.05) is 68.4 Å². The van der Waals surface area contributed by atoms with E-state index < -0.39 is 5.91 Å². The SMILES string of the molecule is CCOc1ccc(/C=C(/C#N)C(=O)Nc2ccc(N(C)C)cc2)cc1. The maximum atomic E-state index is 12.3. The van der Waals surface area contributed by atoms with Crippen molar-refractivity contribution in [2.24, 2.45) is 0 Å². The molecule has 5 heteroatoms. The predicted octanol–water partition coefficient (Wildman–Crippen LogP) is 3.70. The van der Waals surface area contributed by atoms with E-state index in [0.29, 0.717) is 12.3 Å². The Morgan fingerprint density at radius 3 is 2.32 bits per heavy atom. The molecule has 0 saturated carbocycles. The molecule has 2 aromatic rings. The summed E-state index contributed by atoms with van der Waals surface area (Å²) in [5.41, 5.74) is 2.48. The molecule has 0 bridgehead atoms. The molecule has 5 nitrogen and oxygen atoms in total. The number of nitriles is 1. The lowest BCUT2D eigenvalue weighted by Gasteiger charge is -2.13. The van der Waals surface area contributed by atoms with E-state index in [1.165, 1.54) is 0 Å². The van der Waals surface area contributed by atoms with Crippen molar-refractivity contribution in [1.82, 2.24) is 0 Å². The van der Waals surface area contributed by atoms with Crippen LogP contribution in [-0.2, 0) is 4.79 Å². The summed E-state index contributed by atoms with van der Waals surface area (Å²) in [7, 11) is 3.89. The number of amides is 1. The Hall–Kier alpha value is -3.26. The van der Waals surface area contributed by atoms with Gasteiger partial charge in [-0.3, -0.25) is 4.79 Å². The third-order valence-corrected chi connectivity index (χ3v) is 3.51. The third kappa shape index (κ3) is 5.11. The number of nitrogens with one attached hydrogen (secondary N) is 1. The summed E-state index contributed by atoms with van der Waals surface area (Å²) in [6, 6.07) is 16.6. The number of rotatable bonds is 6. The maximum Gasteiger partial charge on any atom is 0.266 e. The fourth-order valence-corrected chi connectivity index (χ4v) is 2.18. The van der Waals surface area contributed by atoms with Crippen LogP contribution in [0.5, 0.6) is 5.75 Å². The number of anilines is 2. The van der Waals surface area contributed by atoms with Gasteiger partial charge in [0.1, 0.15) is 17.4 Å². The standard InChI is InChI=1S/C20H21N3O2/c1-4-25-19-11-5-15(6-12-19)13-16(14-21)20(24)22-17-7-9-18(10-8-17)23(2)3/h5-13H,4H2,1-3H3,(H,22,24)/b16-13-. The molecule has 0 fully saturated rings. The van der Waals surface area contributed by atoms with Crippen molar-refractivity contribution in [2.75, 3.05) is 30.9 Å². The van der Waals surface area contributed by atoms with Crippen LogP contribution in [0.15, 0.2) is 54.1 Å². The highest BCUT2D eigenvalue weighted by Gasteiger charge is 2.09. The van der Waals surface area contributed by atoms with E-state index in [-0.39, 0.29) is 5.57 Å². The average molecular weight is 335 g/mol. The van der Waals surface area contributed by atoms with Crippen molar-refractivity contribution < 1.29 is 9.53 Å². The number of carbonyl (C=O) groups is 1. The lowest BCUT2D eigenvalue weighted by molar-refractivity contribution is -0.112. The summed E-state index contributed by atoms with van der Waals surface area (Å²) in [6.45, 7) is 2.50. The van der Waals surface area contributed by atoms with Crippen LogP contribution in [0.2, 0.25) is 0 Å². The van der Waals surface area contributed by atoms with Crippen LogP contribution in [0.1, 0.15) is 12.5 Å². The van der Waals surface area contributed by atoms with Gasteiger partial charge in [-0.2, -0.15) is 5.26 Å². The third-order valence-electron chi connectivity index (χ3n) is 3.51. The first-order chi connectivity index (χ1) is 12.0. The van der Waals surface area contributed by atoms with Crippen molar-refractivity contribution in [2.45, 2.75) is 6.92 Å². The fraction of sp³-hybridized carbons (Fsp3) is 0.200. The summed E-state index contributed by atoms with van der Waals surface area (Å²) >= 11 is 0. The van der Waals surface area contributed by atoms with Crippen LogP contribution >= 0.6 is 0 Å². The number of benzene rings is 2. The van der Waals surface area contributed by atoms with E-state index in [2.05, 4.69) is 5.32 Å². The van der Waals surface area contributed by atoms with Gasteiger partial charge in [0.05, 0.1) is 6.61 Å². The Bertz CT molecular complexity index is 785. The van der Waals surface area contributed by atoms with Crippen molar-refractivity contribution in [3.8, 4) is 11.8 Å². The van der Waals surface area contributed by atoms with Gasteiger partial charge in [0.25, 0.3) is 5.91 Å². The molecular weight excluding hydrogens is 314 g/mol. The summed E-state index contributed by atoms with van der Waals surface area (Å²) < 4.78 is 5.38. The fourth-order valence-electron chi connectivity index (χ4n) is 2.18. The molecule has 1 N–H and O–H groups in total. The van der Waals surface area contributed by atoms with E-state index >= 15 is 0 Å². The Labute approximate surface area is 148 Å². The first-order valence-corrected chi connectivity index (χ1v) is 7.97. The van der Waals surface area contributed by atoms with E-state index in [9.17, 15) is 10.1 Å². The van der Waals surface area contributed by atoms with Crippen molar-refractivity contribution in [3.05, 3.63) is 59.7 Å². The monoisotopic (exact) mass is 335 g/mol. The second-order valence-electron chi connectivity index (χ2n) is 5.57. The van der Waals surface area contributed by atoms with Gasteiger partial charge in [-0.05, 0) is 55.0 Å². The summed E-state index contributed by atoms with van der Waals surface area (Å²) in [5, 5.41) is 12.0. The highest BCUT2D eigenvalue weighted by Crippen LogP contribution is 2.18. The van der Waals surface area contributed by atoms with Gasteiger partial charge in [0, 0.05) is 25.5 Å². The molecule has 2 aromatic carbocycles. The van der Waals surface area contributed by atoms with Crippen molar-refractivity contribution >= 4 is 23.4 Å². The zero-order valence-electron chi connectivity index (χ0n) is 14.6. The Balaban J connectivity index is 2.10. The van der Waals surface area contributed by atoms with Crippen LogP contribution in [0.3, 0.4) is 0 Å². The van der Waals surface area contributed by atoms with Crippen LogP contribution in [0.4, 0.5) is 11.4 Å². The zero-order valence-corrected chi connectivity index (χ0v) is 14.6. The smallest absolute Gasteiger partial charge is 0.266 e. The second kappa shape index (κ2) is 8.55. The molecule has 2 rings (SSSR count). The first kappa shape index (κ1) is 18.1. The number of hydrogen-bond acceptors (Lipinski definition) is 4. The van der Waals surface area contributed by atoms with Gasteiger partial charge in [0.2, 0.25) is 0 Å². The lowest BCUT2D eigenvalue weighted by atomic mass is 10.1. The van der Waals surface area contributed by atoms with Crippen molar-refractivity contribution in [3.63, 3.8) is 0 Å². The van der Waals surface area contributed by atoms with Crippen LogP contribution in [-0.4, -0.2) is 26.6 Å². The molecule has 0 atom stereocenters. The molecule has 0 saturated heterocycles.